The van der Waals surface area contributed by atoms with E-state index < -0.39 is 5.97 Å². The lowest BCUT2D eigenvalue weighted by Gasteiger charge is -2.13. The van der Waals surface area contributed by atoms with Crippen molar-refractivity contribution in [2.75, 3.05) is 17.7 Å². The Morgan fingerprint density at radius 2 is 1.77 bits per heavy atom. The summed E-state index contributed by atoms with van der Waals surface area (Å²) in [6.45, 7) is 0. The molecule has 0 bridgehead atoms. The van der Waals surface area contributed by atoms with Gasteiger partial charge in [-0.1, -0.05) is 24.3 Å². The molecule has 2 amide bonds. The summed E-state index contributed by atoms with van der Waals surface area (Å²) >= 11 is 0. The number of hydrogen-bond donors (Lipinski definition) is 3. The number of fused-ring (bicyclic) bond motifs is 3. The number of methoxy groups -OCH3 is 1. The van der Waals surface area contributed by atoms with Gasteiger partial charge in [-0.25, -0.2) is 4.79 Å². The average molecular weight is 583 g/mol. The van der Waals surface area contributed by atoms with E-state index in [1.807, 2.05) is 36.5 Å². The van der Waals surface area contributed by atoms with Gasteiger partial charge in [0.25, 0.3) is 11.8 Å². The van der Waals surface area contributed by atoms with Gasteiger partial charge in [-0.3, -0.25) is 14.6 Å². The summed E-state index contributed by atoms with van der Waals surface area (Å²) in [6, 6.07) is 21.9. The number of nitrogens with zero attached hydrogens (tertiary/aromatic N) is 1. The molecule has 0 fully saturated rings. The van der Waals surface area contributed by atoms with Gasteiger partial charge in [0.1, 0.15) is 0 Å². The van der Waals surface area contributed by atoms with Gasteiger partial charge in [-0.2, -0.15) is 0 Å². The normalized spacial score (nSPS) is 14.7. The molecule has 3 N–H and O–H groups in total. The molecule has 3 aromatic carbocycles. The molecule has 1 aliphatic heterocycles. The number of H-pyrrole nitrogens is 1. The Hall–Kier alpha value is -5.50. The number of aromatic amines is 1. The Bertz CT molecular complexity index is 1980. The molecule has 5 aromatic rings. The van der Waals surface area contributed by atoms with Gasteiger partial charge >= 0.3 is 5.97 Å². The fraction of sp³-hybridized carbons (Fsp3) is 0.167. The van der Waals surface area contributed by atoms with Crippen LogP contribution in [0.3, 0.4) is 0 Å². The number of ether oxygens (including phenoxy) is 1. The van der Waals surface area contributed by atoms with Crippen LogP contribution in [0.15, 0.2) is 79.0 Å². The molecular formula is C36H30N4O4. The average Bonchev–Trinajstić information content (AvgIpc) is 3.56. The smallest absolute Gasteiger partial charge is 0.337 e. The first kappa shape index (κ1) is 27.3. The van der Waals surface area contributed by atoms with Crippen molar-refractivity contribution in [3.05, 3.63) is 124 Å². The fourth-order valence-corrected chi connectivity index (χ4v) is 6.22. The Morgan fingerprint density at radius 3 is 2.61 bits per heavy atom. The molecule has 44 heavy (non-hydrogen) atoms. The zero-order valence-corrected chi connectivity index (χ0v) is 24.2. The van der Waals surface area contributed by atoms with Crippen molar-refractivity contribution in [2.45, 2.75) is 32.1 Å². The highest BCUT2D eigenvalue weighted by Crippen LogP contribution is 2.37. The molecule has 0 radical (unpaired) electrons. The molecule has 7 rings (SSSR count). The molecule has 2 aromatic heterocycles. The van der Waals surface area contributed by atoms with E-state index in [2.05, 4.69) is 27.8 Å². The van der Waals surface area contributed by atoms with Crippen LogP contribution >= 0.6 is 0 Å². The first-order chi connectivity index (χ1) is 21.5. The minimum atomic E-state index is -0.466. The molecule has 0 saturated carbocycles. The third kappa shape index (κ3) is 5.04. The summed E-state index contributed by atoms with van der Waals surface area (Å²) in [4.78, 5) is 46.4. The topological polar surface area (TPSA) is 113 Å². The number of nitrogens with one attached hydrogen (secondary N) is 3. The second-order valence-electron chi connectivity index (χ2n) is 11.1. The SMILES string of the molecule is COC(=O)c1ccc(C(=O)Nc2ccc3c(c2)C(=Cc2[nH]c4c(c2Cc2nccc5ccccc25)CCCC4)C(=O)N3)cc1. The summed E-state index contributed by atoms with van der Waals surface area (Å²) in [5.74, 6) is -0.985. The second kappa shape index (κ2) is 11.3. The van der Waals surface area contributed by atoms with Crippen LogP contribution in [0.5, 0.6) is 0 Å². The zero-order chi connectivity index (χ0) is 30.2. The Kier molecular flexibility index (Phi) is 7.02. The number of carbonyl (C=O) groups is 3. The summed E-state index contributed by atoms with van der Waals surface area (Å²) < 4.78 is 4.73. The minimum Gasteiger partial charge on any atom is -0.465 e. The number of anilines is 2. The highest BCUT2D eigenvalue weighted by molar-refractivity contribution is 6.35. The van der Waals surface area contributed by atoms with Crippen molar-refractivity contribution in [3.8, 4) is 0 Å². The molecule has 0 spiro atoms. The maximum atomic E-state index is 13.3. The molecule has 0 saturated heterocycles. The van der Waals surface area contributed by atoms with Crippen molar-refractivity contribution in [3.63, 3.8) is 0 Å². The van der Waals surface area contributed by atoms with E-state index in [0.717, 1.165) is 53.4 Å². The lowest BCUT2D eigenvalue weighted by atomic mass is 9.91. The molecular weight excluding hydrogens is 552 g/mol. The van der Waals surface area contributed by atoms with Gasteiger partial charge in [0.15, 0.2) is 0 Å². The number of benzene rings is 3. The third-order valence-electron chi connectivity index (χ3n) is 8.46. The first-order valence-electron chi connectivity index (χ1n) is 14.7. The number of carbonyl (C=O) groups excluding carboxylic acids is 3. The predicted octanol–water partition coefficient (Wildman–Crippen LogP) is 6.56. The van der Waals surface area contributed by atoms with E-state index in [9.17, 15) is 14.4 Å². The van der Waals surface area contributed by atoms with Crippen molar-refractivity contribution in [1.29, 1.82) is 0 Å². The Morgan fingerprint density at radius 1 is 0.977 bits per heavy atom. The highest BCUT2D eigenvalue weighted by atomic mass is 16.5. The molecule has 0 atom stereocenters. The van der Waals surface area contributed by atoms with Crippen LogP contribution in [0.25, 0.3) is 22.4 Å². The van der Waals surface area contributed by atoms with E-state index in [-0.39, 0.29) is 11.8 Å². The summed E-state index contributed by atoms with van der Waals surface area (Å²) in [7, 11) is 1.31. The molecule has 218 valence electrons. The molecule has 3 heterocycles. The van der Waals surface area contributed by atoms with Crippen LogP contribution in [0.4, 0.5) is 11.4 Å². The van der Waals surface area contributed by atoms with Crippen molar-refractivity contribution < 1.29 is 19.1 Å². The van der Waals surface area contributed by atoms with Crippen molar-refractivity contribution in [1.82, 2.24) is 9.97 Å². The largest absolute Gasteiger partial charge is 0.465 e. The number of aryl methyl sites for hydroxylation is 1. The van der Waals surface area contributed by atoms with Gasteiger partial charge in [-0.05, 0) is 96.8 Å². The number of hydrogen-bond acceptors (Lipinski definition) is 5. The molecule has 8 heteroatoms. The molecule has 8 nitrogen and oxygen atoms in total. The minimum absolute atomic E-state index is 0.191. The number of amides is 2. The Labute approximate surface area is 254 Å². The fourth-order valence-electron chi connectivity index (χ4n) is 6.22. The maximum Gasteiger partial charge on any atom is 0.337 e. The van der Waals surface area contributed by atoms with E-state index >= 15 is 0 Å². The lowest BCUT2D eigenvalue weighted by molar-refractivity contribution is -0.110. The number of pyridine rings is 1. The molecule has 2 aliphatic rings. The number of aromatic nitrogens is 2. The van der Waals surface area contributed by atoms with Crippen molar-refractivity contribution >= 4 is 51.6 Å². The molecule has 1 aliphatic carbocycles. The summed E-state index contributed by atoms with van der Waals surface area (Å²) in [5.41, 5.74) is 8.92. The zero-order valence-electron chi connectivity index (χ0n) is 24.2. The Balaban J connectivity index is 1.22. The van der Waals surface area contributed by atoms with Crippen LogP contribution in [-0.2, 0) is 28.8 Å². The van der Waals surface area contributed by atoms with Gasteiger partial charge in [-0.15, -0.1) is 0 Å². The van der Waals surface area contributed by atoms with Gasteiger partial charge < -0.3 is 20.4 Å². The highest BCUT2D eigenvalue weighted by Gasteiger charge is 2.27. The van der Waals surface area contributed by atoms with Gasteiger partial charge in [0, 0.05) is 51.9 Å². The first-order valence-corrected chi connectivity index (χ1v) is 14.7. The van der Waals surface area contributed by atoms with Gasteiger partial charge in [0.2, 0.25) is 0 Å². The number of esters is 1. The molecule has 0 unspecified atom stereocenters. The second-order valence-corrected chi connectivity index (χ2v) is 11.1. The van der Waals surface area contributed by atoms with Crippen LogP contribution in [0.1, 0.15) is 67.3 Å². The van der Waals surface area contributed by atoms with E-state index in [1.54, 1.807) is 36.4 Å². The van der Waals surface area contributed by atoms with Crippen LogP contribution in [0.2, 0.25) is 0 Å². The third-order valence-corrected chi connectivity index (χ3v) is 8.46. The predicted molar refractivity (Wildman–Crippen MR) is 171 cm³/mol. The van der Waals surface area contributed by atoms with E-state index in [1.165, 1.54) is 23.9 Å². The van der Waals surface area contributed by atoms with Crippen LogP contribution in [-0.4, -0.2) is 34.9 Å². The van der Waals surface area contributed by atoms with Crippen LogP contribution in [0, 0.1) is 0 Å². The lowest BCUT2D eigenvalue weighted by Crippen LogP contribution is -2.12. The van der Waals surface area contributed by atoms with E-state index in [4.69, 9.17) is 9.72 Å². The quantitative estimate of drug-likeness (QED) is 0.155. The summed E-state index contributed by atoms with van der Waals surface area (Å²) in [6.07, 6.45) is 8.70. The van der Waals surface area contributed by atoms with Crippen LogP contribution < -0.4 is 10.6 Å². The standard InChI is InChI=1S/C36H30N4O4/c1-44-36(43)23-12-10-22(11-13-23)34(41)38-24-14-15-31-27(18-24)29(35(42)40-31)20-33-28(26-8-4-5-9-30(26)39-33)19-32-25-7-3-2-6-21(25)16-17-37-32/h2-3,6-7,10-18,20,39H,4-5,8-9,19H2,1H3,(H,38,41)(H,40,42). The summed E-state index contributed by atoms with van der Waals surface area (Å²) in [5, 5.41) is 8.16. The maximum absolute atomic E-state index is 13.3. The van der Waals surface area contributed by atoms with E-state index in [0.29, 0.717) is 34.5 Å². The van der Waals surface area contributed by atoms with Crippen molar-refractivity contribution in [2.24, 2.45) is 0 Å². The number of rotatable bonds is 6. The van der Waals surface area contributed by atoms with Gasteiger partial charge in [0.05, 0.1) is 23.9 Å². The monoisotopic (exact) mass is 582 g/mol.